The normalized spacial score (nSPS) is 11.7. The number of nitrogens with one attached hydrogen (secondary N) is 1. The Morgan fingerprint density at radius 1 is 0.828 bits per heavy atom. The van der Waals surface area contributed by atoms with E-state index in [4.69, 9.17) is 0 Å². The summed E-state index contributed by atoms with van der Waals surface area (Å²) in [7, 11) is 0. The van der Waals surface area contributed by atoms with Gasteiger partial charge in [0.05, 0.1) is 6.04 Å². The molecule has 3 nitrogen and oxygen atoms in total. The van der Waals surface area contributed by atoms with E-state index in [2.05, 4.69) is 5.32 Å². The van der Waals surface area contributed by atoms with E-state index < -0.39 is 11.9 Å². The number of hydrogen-bond donors (Lipinski definition) is 1. The topological polar surface area (TPSA) is 46.2 Å². The third-order valence-electron chi connectivity index (χ3n) is 4.61. The van der Waals surface area contributed by atoms with Crippen molar-refractivity contribution in [2.45, 2.75) is 25.8 Å². The van der Waals surface area contributed by atoms with Gasteiger partial charge in [-0.3, -0.25) is 9.59 Å². The minimum absolute atomic E-state index is 0.00114. The van der Waals surface area contributed by atoms with Gasteiger partial charge in [-0.1, -0.05) is 42.0 Å². The van der Waals surface area contributed by atoms with Gasteiger partial charge in [0, 0.05) is 18.4 Å². The van der Waals surface area contributed by atoms with E-state index in [-0.39, 0.29) is 30.3 Å². The van der Waals surface area contributed by atoms with Crippen molar-refractivity contribution < 1.29 is 18.4 Å². The summed E-state index contributed by atoms with van der Waals surface area (Å²) < 4.78 is 26.7. The number of rotatable bonds is 7. The van der Waals surface area contributed by atoms with Crippen LogP contribution in [0, 0.1) is 18.6 Å². The van der Waals surface area contributed by atoms with Crippen molar-refractivity contribution in [1.82, 2.24) is 5.32 Å². The number of aryl methyl sites for hydroxylation is 1. The van der Waals surface area contributed by atoms with Crippen LogP contribution in [0.1, 0.15) is 45.9 Å². The van der Waals surface area contributed by atoms with E-state index in [1.54, 1.807) is 12.1 Å². The van der Waals surface area contributed by atoms with Crippen molar-refractivity contribution in [2.24, 2.45) is 0 Å². The van der Waals surface area contributed by atoms with Gasteiger partial charge in [0.2, 0.25) is 5.91 Å². The van der Waals surface area contributed by atoms with E-state index in [9.17, 15) is 18.4 Å². The fourth-order valence-corrected chi connectivity index (χ4v) is 3.14. The molecule has 0 saturated heterocycles. The highest BCUT2D eigenvalue weighted by molar-refractivity contribution is 5.97. The lowest BCUT2D eigenvalue weighted by atomic mass is 9.96. The molecule has 29 heavy (non-hydrogen) atoms. The first-order chi connectivity index (χ1) is 13.9. The number of carbonyl (C=O) groups excluding carboxylic acids is 2. The average molecular weight is 393 g/mol. The second-order valence-corrected chi connectivity index (χ2v) is 6.90. The van der Waals surface area contributed by atoms with Gasteiger partial charge in [-0.25, -0.2) is 8.78 Å². The monoisotopic (exact) mass is 393 g/mol. The van der Waals surface area contributed by atoms with Crippen LogP contribution in [-0.2, 0) is 4.79 Å². The maximum absolute atomic E-state index is 13.7. The predicted octanol–water partition coefficient (Wildman–Crippen LogP) is 5.14. The molecule has 0 aliphatic rings. The summed E-state index contributed by atoms with van der Waals surface area (Å²) in [5, 5.41) is 2.90. The van der Waals surface area contributed by atoms with Crippen LogP contribution < -0.4 is 5.32 Å². The molecule has 1 N–H and O–H groups in total. The maximum atomic E-state index is 13.7. The van der Waals surface area contributed by atoms with Gasteiger partial charge in [0.25, 0.3) is 0 Å². The zero-order valence-electron chi connectivity index (χ0n) is 16.0. The number of Topliss-reactive ketones (excluding diaryl/α,β-unsaturated/α-hetero) is 1. The smallest absolute Gasteiger partial charge is 0.221 e. The first-order valence-electron chi connectivity index (χ1n) is 9.32. The third kappa shape index (κ3) is 5.57. The van der Waals surface area contributed by atoms with Crippen molar-refractivity contribution in [3.63, 3.8) is 0 Å². The molecule has 0 aromatic heterocycles. The Balaban J connectivity index is 1.72. The van der Waals surface area contributed by atoms with Crippen molar-refractivity contribution in [3.8, 4) is 0 Å². The Morgan fingerprint density at radius 3 is 2.14 bits per heavy atom. The van der Waals surface area contributed by atoms with Gasteiger partial charge in [0.15, 0.2) is 5.78 Å². The molecular formula is C24H21F2NO2. The lowest BCUT2D eigenvalue weighted by molar-refractivity contribution is -0.121. The van der Waals surface area contributed by atoms with Crippen LogP contribution in [0.15, 0.2) is 72.8 Å². The largest absolute Gasteiger partial charge is 0.345 e. The van der Waals surface area contributed by atoms with Crippen LogP contribution in [-0.4, -0.2) is 11.7 Å². The molecule has 3 rings (SSSR count). The lowest BCUT2D eigenvalue weighted by Gasteiger charge is -2.20. The van der Waals surface area contributed by atoms with Gasteiger partial charge >= 0.3 is 0 Å². The lowest BCUT2D eigenvalue weighted by Crippen LogP contribution is -2.29. The molecular weight excluding hydrogens is 372 g/mol. The highest BCUT2D eigenvalue weighted by Gasteiger charge is 2.18. The van der Waals surface area contributed by atoms with Crippen molar-refractivity contribution in [3.05, 3.63) is 107 Å². The van der Waals surface area contributed by atoms with Crippen molar-refractivity contribution in [1.29, 1.82) is 0 Å². The Hall–Kier alpha value is -3.34. The van der Waals surface area contributed by atoms with Gasteiger partial charge in [-0.2, -0.15) is 0 Å². The summed E-state index contributed by atoms with van der Waals surface area (Å²) in [5.74, 6) is -1.37. The van der Waals surface area contributed by atoms with E-state index in [0.717, 1.165) is 11.1 Å². The van der Waals surface area contributed by atoms with E-state index in [1.807, 2.05) is 31.2 Å². The zero-order chi connectivity index (χ0) is 20.8. The number of halogens is 2. The molecule has 1 amide bonds. The first kappa shape index (κ1) is 20.4. The molecule has 0 aliphatic heterocycles. The van der Waals surface area contributed by atoms with E-state index in [1.165, 1.54) is 36.4 Å². The molecule has 3 aromatic rings. The molecule has 0 bridgehead atoms. The minimum atomic E-state index is -0.529. The standard InChI is InChI=1S/C24H21F2NO2/c1-16-4-2-5-18(14-16)24(19-6-3-7-21(26)15-19)27-23(29)13-12-22(28)17-8-10-20(25)11-9-17/h2-11,14-15,24H,12-13H2,1H3,(H,27,29). The second-order valence-electron chi connectivity index (χ2n) is 6.90. The van der Waals surface area contributed by atoms with E-state index in [0.29, 0.717) is 11.1 Å². The molecule has 1 unspecified atom stereocenters. The van der Waals surface area contributed by atoms with Crippen LogP contribution >= 0.6 is 0 Å². The minimum Gasteiger partial charge on any atom is -0.345 e. The first-order valence-corrected chi connectivity index (χ1v) is 9.32. The molecule has 148 valence electrons. The molecule has 0 aliphatic carbocycles. The molecule has 1 atom stereocenters. The predicted molar refractivity (Wildman–Crippen MR) is 108 cm³/mol. The number of amides is 1. The molecule has 3 aromatic carbocycles. The number of ketones is 1. The number of carbonyl (C=O) groups is 2. The van der Waals surface area contributed by atoms with Crippen LogP contribution in [0.2, 0.25) is 0 Å². The quantitative estimate of drug-likeness (QED) is 0.565. The van der Waals surface area contributed by atoms with Crippen molar-refractivity contribution in [2.75, 3.05) is 0 Å². The molecule has 0 spiro atoms. The second kappa shape index (κ2) is 9.24. The van der Waals surface area contributed by atoms with Gasteiger partial charge in [-0.15, -0.1) is 0 Å². The number of benzene rings is 3. The summed E-state index contributed by atoms with van der Waals surface area (Å²) in [6, 6.07) is 18.4. The summed E-state index contributed by atoms with van der Waals surface area (Å²) >= 11 is 0. The third-order valence-corrected chi connectivity index (χ3v) is 4.61. The molecule has 0 saturated carbocycles. The maximum Gasteiger partial charge on any atom is 0.221 e. The number of hydrogen-bond acceptors (Lipinski definition) is 2. The van der Waals surface area contributed by atoms with Gasteiger partial charge in [0.1, 0.15) is 11.6 Å². The SMILES string of the molecule is Cc1cccc(C(NC(=O)CCC(=O)c2ccc(F)cc2)c2cccc(F)c2)c1. The Labute approximate surface area is 168 Å². The van der Waals surface area contributed by atoms with Gasteiger partial charge in [-0.05, 0) is 54.4 Å². The van der Waals surface area contributed by atoms with Crippen LogP contribution in [0.4, 0.5) is 8.78 Å². The molecule has 0 fully saturated rings. The van der Waals surface area contributed by atoms with Crippen molar-refractivity contribution >= 4 is 11.7 Å². The summed E-state index contributed by atoms with van der Waals surface area (Å²) in [6.07, 6.45) is -0.0189. The molecule has 0 heterocycles. The van der Waals surface area contributed by atoms with Crippen LogP contribution in [0.5, 0.6) is 0 Å². The zero-order valence-corrected chi connectivity index (χ0v) is 16.0. The Kier molecular flexibility index (Phi) is 6.50. The average Bonchev–Trinajstić information content (AvgIpc) is 2.70. The van der Waals surface area contributed by atoms with Gasteiger partial charge < -0.3 is 5.32 Å². The fraction of sp³-hybridized carbons (Fsp3) is 0.167. The Morgan fingerprint density at radius 2 is 1.48 bits per heavy atom. The molecule has 5 heteroatoms. The summed E-state index contributed by atoms with van der Waals surface area (Å²) in [6.45, 7) is 1.94. The molecule has 0 radical (unpaired) electrons. The van der Waals surface area contributed by atoms with E-state index >= 15 is 0 Å². The Bertz CT molecular complexity index is 970. The fourth-order valence-electron chi connectivity index (χ4n) is 3.14. The van der Waals surface area contributed by atoms with Crippen LogP contribution in [0.25, 0.3) is 0 Å². The highest BCUT2D eigenvalue weighted by atomic mass is 19.1. The summed E-state index contributed by atoms with van der Waals surface area (Å²) in [5.41, 5.74) is 2.83. The highest BCUT2D eigenvalue weighted by Crippen LogP contribution is 2.24. The summed E-state index contributed by atoms with van der Waals surface area (Å²) in [4.78, 5) is 24.8. The van der Waals surface area contributed by atoms with Crippen LogP contribution in [0.3, 0.4) is 0 Å².